The van der Waals surface area contributed by atoms with E-state index in [1.54, 1.807) is 32.6 Å². The van der Waals surface area contributed by atoms with E-state index in [0.29, 0.717) is 47.8 Å². The van der Waals surface area contributed by atoms with E-state index >= 15 is 0 Å². The van der Waals surface area contributed by atoms with Crippen molar-refractivity contribution < 1.29 is 18.9 Å². The quantitative estimate of drug-likeness (QED) is 0.340. The minimum Gasteiger partial charge on any atom is -0.493 e. The molecule has 0 aromatic heterocycles. The Balaban J connectivity index is 2.06. The van der Waals surface area contributed by atoms with Gasteiger partial charge in [-0.05, 0) is 42.3 Å². The first-order valence-corrected chi connectivity index (χ1v) is 9.17. The van der Waals surface area contributed by atoms with Crippen LogP contribution >= 0.6 is 11.6 Å². The van der Waals surface area contributed by atoms with Crippen LogP contribution in [0.15, 0.2) is 48.1 Å². The van der Waals surface area contributed by atoms with Crippen molar-refractivity contribution in [3.8, 4) is 23.0 Å². The summed E-state index contributed by atoms with van der Waals surface area (Å²) in [6.07, 6.45) is 3.33. The first-order valence-electron chi connectivity index (χ1n) is 8.79. The molecule has 7 heteroatoms. The van der Waals surface area contributed by atoms with Crippen LogP contribution in [0.25, 0.3) is 0 Å². The Hall–Kier alpha value is -2.86. The summed E-state index contributed by atoms with van der Waals surface area (Å²) in [6.45, 7) is 6.92. The van der Waals surface area contributed by atoms with Gasteiger partial charge in [0, 0.05) is 0 Å². The first-order chi connectivity index (χ1) is 13.6. The molecule has 2 aromatic carbocycles. The molecule has 0 aliphatic heterocycles. The van der Waals surface area contributed by atoms with Crippen molar-refractivity contribution in [2.24, 2.45) is 5.10 Å². The lowest BCUT2D eigenvalue weighted by molar-refractivity contribution is 0.297. The van der Waals surface area contributed by atoms with Crippen molar-refractivity contribution in [1.29, 1.82) is 0 Å². The summed E-state index contributed by atoms with van der Waals surface area (Å²) in [7, 11) is 3.21. The number of hydrogen-bond donors (Lipinski definition) is 1. The third-order valence-corrected chi connectivity index (χ3v) is 3.99. The normalized spacial score (nSPS) is 10.6. The van der Waals surface area contributed by atoms with Crippen LogP contribution in [0, 0.1) is 0 Å². The van der Waals surface area contributed by atoms with Crippen LogP contribution < -0.4 is 24.4 Å². The van der Waals surface area contributed by atoms with E-state index in [4.69, 9.17) is 30.5 Å². The molecule has 0 amide bonds. The number of hydrogen-bond acceptors (Lipinski definition) is 6. The largest absolute Gasteiger partial charge is 0.493 e. The summed E-state index contributed by atoms with van der Waals surface area (Å²) >= 11 is 6.33. The number of nitrogens with zero attached hydrogens (tertiary/aromatic N) is 1. The summed E-state index contributed by atoms with van der Waals surface area (Å²) in [5.41, 5.74) is 4.80. The highest BCUT2D eigenvalue weighted by molar-refractivity contribution is 6.32. The van der Waals surface area contributed by atoms with Gasteiger partial charge in [0.1, 0.15) is 6.61 Å². The summed E-state index contributed by atoms with van der Waals surface area (Å²) in [5.74, 6) is 2.43. The Bertz CT molecular complexity index is 824. The van der Waals surface area contributed by atoms with Crippen molar-refractivity contribution in [1.82, 2.24) is 5.43 Å². The van der Waals surface area contributed by atoms with Crippen LogP contribution in [0.1, 0.15) is 18.1 Å². The molecule has 0 atom stereocenters. The van der Waals surface area contributed by atoms with Crippen molar-refractivity contribution in [3.05, 3.63) is 59.1 Å². The molecule has 0 spiro atoms. The van der Waals surface area contributed by atoms with Crippen LogP contribution in [0.2, 0.25) is 5.02 Å². The summed E-state index contributed by atoms with van der Waals surface area (Å²) in [4.78, 5) is 0. The molecule has 0 saturated carbocycles. The number of methoxy groups -OCH3 is 2. The molecule has 0 radical (unpaired) electrons. The molecular weight excluding hydrogens is 380 g/mol. The Kier molecular flexibility index (Phi) is 8.49. The fraction of sp³-hybridized carbons (Fsp3) is 0.286. The third kappa shape index (κ3) is 5.82. The van der Waals surface area contributed by atoms with Gasteiger partial charge in [0.2, 0.25) is 0 Å². The van der Waals surface area contributed by atoms with E-state index in [9.17, 15) is 0 Å². The maximum atomic E-state index is 6.33. The summed E-state index contributed by atoms with van der Waals surface area (Å²) in [5, 5.41) is 4.70. The zero-order valence-electron chi connectivity index (χ0n) is 16.3. The predicted octanol–water partition coefficient (Wildman–Crippen LogP) is 4.44. The van der Waals surface area contributed by atoms with E-state index in [2.05, 4.69) is 17.1 Å². The zero-order chi connectivity index (χ0) is 20.4. The number of hydrazone groups is 1. The van der Waals surface area contributed by atoms with E-state index in [0.717, 1.165) is 11.1 Å². The molecule has 2 rings (SSSR count). The van der Waals surface area contributed by atoms with Gasteiger partial charge in [-0.25, -0.2) is 0 Å². The molecule has 0 bridgehead atoms. The standard InChI is InChI=1S/C21H25ClN2O4/c1-5-9-28-21-17(22)10-16(12-20(21)27-6-2)14-24-23-13-15-7-8-18(25-3)19(11-15)26-4/h5,7-8,10-12,14,23H,1,6,9,13H2,2-4H3/b24-14+. The molecule has 0 aliphatic carbocycles. The van der Waals surface area contributed by atoms with Crippen LogP contribution in [0.5, 0.6) is 23.0 Å². The fourth-order valence-electron chi connectivity index (χ4n) is 2.46. The topological polar surface area (TPSA) is 61.3 Å². The monoisotopic (exact) mass is 404 g/mol. The van der Waals surface area contributed by atoms with Gasteiger partial charge in [-0.15, -0.1) is 0 Å². The van der Waals surface area contributed by atoms with Crippen molar-refractivity contribution in [2.75, 3.05) is 27.4 Å². The summed E-state index contributed by atoms with van der Waals surface area (Å²) in [6, 6.07) is 9.30. The second-order valence-electron chi connectivity index (χ2n) is 5.65. The van der Waals surface area contributed by atoms with Crippen LogP contribution in [-0.2, 0) is 6.54 Å². The van der Waals surface area contributed by atoms with Crippen molar-refractivity contribution in [3.63, 3.8) is 0 Å². The maximum absolute atomic E-state index is 6.33. The average Bonchev–Trinajstić information content (AvgIpc) is 2.70. The van der Waals surface area contributed by atoms with Gasteiger partial charge in [0.15, 0.2) is 23.0 Å². The number of benzene rings is 2. The fourth-order valence-corrected chi connectivity index (χ4v) is 2.73. The molecule has 0 unspecified atom stereocenters. The smallest absolute Gasteiger partial charge is 0.180 e. The molecule has 0 fully saturated rings. The van der Waals surface area contributed by atoms with E-state index < -0.39 is 0 Å². The highest BCUT2D eigenvalue weighted by Gasteiger charge is 2.11. The van der Waals surface area contributed by atoms with Gasteiger partial charge in [-0.1, -0.05) is 30.3 Å². The third-order valence-electron chi connectivity index (χ3n) is 3.71. The minimum absolute atomic E-state index is 0.347. The SMILES string of the molecule is C=CCOc1c(Cl)cc(/C=N/NCc2ccc(OC)c(OC)c2)cc1OCC. The van der Waals surface area contributed by atoms with Gasteiger partial charge in [-0.2, -0.15) is 5.10 Å². The van der Waals surface area contributed by atoms with Crippen molar-refractivity contribution >= 4 is 17.8 Å². The summed E-state index contributed by atoms with van der Waals surface area (Å²) < 4.78 is 21.8. The number of halogens is 1. The van der Waals surface area contributed by atoms with Crippen LogP contribution in [0.4, 0.5) is 0 Å². The van der Waals surface area contributed by atoms with Gasteiger partial charge < -0.3 is 24.4 Å². The van der Waals surface area contributed by atoms with E-state index in [1.807, 2.05) is 31.2 Å². The lowest BCUT2D eigenvalue weighted by Crippen LogP contribution is -2.06. The Morgan fingerprint density at radius 3 is 2.54 bits per heavy atom. The predicted molar refractivity (Wildman–Crippen MR) is 112 cm³/mol. The van der Waals surface area contributed by atoms with Crippen molar-refractivity contribution in [2.45, 2.75) is 13.5 Å². The van der Waals surface area contributed by atoms with E-state index in [1.165, 1.54) is 0 Å². The number of rotatable bonds is 11. The molecule has 150 valence electrons. The molecule has 6 nitrogen and oxygen atoms in total. The first kappa shape index (κ1) is 21.4. The van der Waals surface area contributed by atoms with Gasteiger partial charge in [0.05, 0.1) is 38.6 Å². The zero-order valence-corrected chi connectivity index (χ0v) is 17.1. The van der Waals surface area contributed by atoms with Gasteiger partial charge in [0.25, 0.3) is 0 Å². The van der Waals surface area contributed by atoms with E-state index in [-0.39, 0.29) is 0 Å². The lowest BCUT2D eigenvalue weighted by Gasteiger charge is -2.13. The molecule has 28 heavy (non-hydrogen) atoms. The van der Waals surface area contributed by atoms with Gasteiger partial charge >= 0.3 is 0 Å². The minimum atomic E-state index is 0.347. The Morgan fingerprint density at radius 2 is 1.86 bits per heavy atom. The Labute approximate surface area is 170 Å². The maximum Gasteiger partial charge on any atom is 0.180 e. The molecule has 0 saturated heterocycles. The molecule has 1 N–H and O–H groups in total. The molecule has 0 aliphatic rings. The van der Waals surface area contributed by atoms with Crippen LogP contribution in [0.3, 0.4) is 0 Å². The average molecular weight is 405 g/mol. The highest BCUT2D eigenvalue weighted by Crippen LogP contribution is 2.36. The molecule has 0 heterocycles. The van der Waals surface area contributed by atoms with Crippen LogP contribution in [-0.4, -0.2) is 33.6 Å². The number of nitrogens with one attached hydrogen (secondary N) is 1. The molecule has 2 aromatic rings. The number of ether oxygens (including phenoxy) is 4. The Morgan fingerprint density at radius 1 is 1.07 bits per heavy atom. The lowest BCUT2D eigenvalue weighted by atomic mass is 10.2. The second-order valence-corrected chi connectivity index (χ2v) is 6.05. The molecular formula is C21H25ClN2O4. The highest BCUT2D eigenvalue weighted by atomic mass is 35.5. The van der Waals surface area contributed by atoms with Gasteiger partial charge in [-0.3, -0.25) is 0 Å². The second kappa shape index (κ2) is 11.1.